The van der Waals surface area contributed by atoms with Crippen molar-refractivity contribution in [2.45, 2.75) is 32.8 Å². The first kappa shape index (κ1) is 18.2. The maximum absolute atomic E-state index is 12.5. The van der Waals surface area contributed by atoms with Gasteiger partial charge in [0.1, 0.15) is 0 Å². The molecular formula is C18H27ClN2O2. The summed E-state index contributed by atoms with van der Waals surface area (Å²) in [6.45, 7) is 8.49. The van der Waals surface area contributed by atoms with E-state index in [-0.39, 0.29) is 12.0 Å². The van der Waals surface area contributed by atoms with Crippen LogP contribution >= 0.6 is 11.6 Å². The number of ether oxygens (including phenoxy) is 1. The van der Waals surface area contributed by atoms with Crippen LogP contribution < -0.4 is 0 Å². The fourth-order valence-electron chi connectivity index (χ4n) is 2.96. The lowest BCUT2D eigenvalue weighted by Crippen LogP contribution is -2.46. The lowest BCUT2D eigenvalue weighted by molar-refractivity contribution is -0.134. The Morgan fingerprint density at radius 2 is 2.00 bits per heavy atom. The van der Waals surface area contributed by atoms with Crippen molar-refractivity contribution in [2.24, 2.45) is 0 Å². The topological polar surface area (TPSA) is 32.8 Å². The number of carbonyl (C=O) groups excluding carboxylic acids is 1. The number of rotatable bonds is 7. The maximum Gasteiger partial charge on any atom is 0.236 e. The van der Waals surface area contributed by atoms with Crippen molar-refractivity contribution in [3.05, 3.63) is 34.9 Å². The van der Waals surface area contributed by atoms with E-state index in [1.807, 2.05) is 29.2 Å². The summed E-state index contributed by atoms with van der Waals surface area (Å²) < 4.78 is 5.86. The van der Waals surface area contributed by atoms with Gasteiger partial charge in [-0.05, 0) is 18.9 Å². The lowest BCUT2D eigenvalue weighted by Gasteiger charge is -2.34. The number of hydrogen-bond acceptors (Lipinski definition) is 3. The van der Waals surface area contributed by atoms with E-state index >= 15 is 0 Å². The van der Waals surface area contributed by atoms with Crippen LogP contribution in [0.1, 0.15) is 38.4 Å². The molecule has 0 N–H and O–H groups in total. The Balaban J connectivity index is 1.95. The molecule has 0 aromatic heterocycles. The largest absolute Gasteiger partial charge is 0.371 e. The molecule has 1 fully saturated rings. The van der Waals surface area contributed by atoms with Crippen LogP contribution in [0.25, 0.3) is 0 Å². The average Bonchev–Trinajstić information content (AvgIpc) is 2.55. The van der Waals surface area contributed by atoms with Gasteiger partial charge in [-0.3, -0.25) is 9.69 Å². The van der Waals surface area contributed by atoms with Crippen LogP contribution in [0.15, 0.2) is 24.3 Å². The fraction of sp³-hybridized carbons (Fsp3) is 0.611. The predicted octanol–water partition coefficient (Wildman–Crippen LogP) is 3.36. The number of morpholine rings is 1. The van der Waals surface area contributed by atoms with Crippen LogP contribution in [0.5, 0.6) is 0 Å². The molecule has 1 aromatic carbocycles. The summed E-state index contributed by atoms with van der Waals surface area (Å²) in [7, 11) is 0. The Labute approximate surface area is 144 Å². The predicted molar refractivity (Wildman–Crippen MR) is 93.7 cm³/mol. The maximum atomic E-state index is 12.5. The summed E-state index contributed by atoms with van der Waals surface area (Å²) in [5.74, 6) is 0.216. The molecule has 1 unspecified atom stereocenters. The van der Waals surface area contributed by atoms with E-state index in [1.54, 1.807) is 0 Å². The number of carbonyl (C=O) groups is 1. The Bertz CT molecular complexity index is 504. The van der Waals surface area contributed by atoms with Gasteiger partial charge in [0, 0.05) is 36.8 Å². The summed E-state index contributed by atoms with van der Waals surface area (Å²) in [5, 5.41) is 0.726. The zero-order valence-corrected chi connectivity index (χ0v) is 14.9. The van der Waals surface area contributed by atoms with E-state index in [1.165, 1.54) is 0 Å². The standard InChI is InChI=1S/C18H27ClN2O2/c1-3-9-21(10-4-2)18(22)14-20-11-12-23-17(13-20)15-7-5-6-8-16(15)19/h5-8,17H,3-4,9-14H2,1-2H3. The van der Waals surface area contributed by atoms with Gasteiger partial charge >= 0.3 is 0 Å². The van der Waals surface area contributed by atoms with Crippen LogP contribution in [-0.4, -0.2) is 55.0 Å². The van der Waals surface area contributed by atoms with Crippen molar-refractivity contribution in [3.63, 3.8) is 0 Å². The molecule has 0 spiro atoms. The van der Waals surface area contributed by atoms with E-state index in [2.05, 4.69) is 18.7 Å². The molecule has 1 heterocycles. The monoisotopic (exact) mass is 338 g/mol. The molecule has 5 heteroatoms. The quantitative estimate of drug-likeness (QED) is 0.764. The second-order valence-electron chi connectivity index (χ2n) is 6.00. The Hall–Kier alpha value is -1.10. The second kappa shape index (κ2) is 9.26. The molecule has 0 saturated carbocycles. The van der Waals surface area contributed by atoms with Gasteiger partial charge in [-0.1, -0.05) is 43.6 Å². The minimum atomic E-state index is -0.0592. The highest BCUT2D eigenvalue weighted by atomic mass is 35.5. The molecule has 1 saturated heterocycles. The van der Waals surface area contributed by atoms with E-state index in [0.29, 0.717) is 19.7 Å². The summed E-state index contributed by atoms with van der Waals surface area (Å²) in [4.78, 5) is 16.7. The summed E-state index contributed by atoms with van der Waals surface area (Å²) in [6, 6.07) is 7.77. The third-order valence-electron chi connectivity index (χ3n) is 4.10. The van der Waals surface area contributed by atoms with Crippen molar-refractivity contribution in [1.82, 2.24) is 9.80 Å². The summed E-state index contributed by atoms with van der Waals surface area (Å²) in [6.07, 6.45) is 1.94. The number of nitrogens with zero attached hydrogens (tertiary/aromatic N) is 2. The smallest absolute Gasteiger partial charge is 0.236 e. The van der Waals surface area contributed by atoms with Gasteiger partial charge in [0.05, 0.1) is 19.3 Å². The van der Waals surface area contributed by atoms with Gasteiger partial charge in [-0.25, -0.2) is 0 Å². The highest BCUT2D eigenvalue weighted by molar-refractivity contribution is 6.31. The third-order valence-corrected chi connectivity index (χ3v) is 4.45. The highest BCUT2D eigenvalue weighted by Crippen LogP contribution is 2.28. The van der Waals surface area contributed by atoms with Crippen LogP contribution in [0.2, 0.25) is 5.02 Å². The van der Waals surface area contributed by atoms with E-state index in [0.717, 1.165) is 43.1 Å². The van der Waals surface area contributed by atoms with Crippen molar-refractivity contribution in [2.75, 3.05) is 39.3 Å². The van der Waals surface area contributed by atoms with Crippen molar-refractivity contribution >= 4 is 17.5 Å². The van der Waals surface area contributed by atoms with Gasteiger partial charge in [-0.15, -0.1) is 0 Å². The molecule has 1 aliphatic heterocycles. The molecule has 0 bridgehead atoms. The average molecular weight is 339 g/mol. The fourth-order valence-corrected chi connectivity index (χ4v) is 3.22. The van der Waals surface area contributed by atoms with Crippen molar-refractivity contribution in [1.29, 1.82) is 0 Å². The number of halogens is 1. The first-order chi connectivity index (χ1) is 11.2. The minimum absolute atomic E-state index is 0.0592. The molecule has 23 heavy (non-hydrogen) atoms. The van der Waals surface area contributed by atoms with Crippen molar-refractivity contribution < 1.29 is 9.53 Å². The zero-order valence-electron chi connectivity index (χ0n) is 14.1. The van der Waals surface area contributed by atoms with Gasteiger partial charge in [-0.2, -0.15) is 0 Å². The van der Waals surface area contributed by atoms with Gasteiger partial charge < -0.3 is 9.64 Å². The Morgan fingerprint density at radius 3 is 2.65 bits per heavy atom. The SMILES string of the molecule is CCCN(CCC)C(=O)CN1CCOC(c2ccccc2Cl)C1. The normalized spacial score (nSPS) is 18.8. The number of hydrogen-bond donors (Lipinski definition) is 0. The molecule has 4 nitrogen and oxygen atoms in total. The van der Waals surface area contributed by atoms with Gasteiger partial charge in [0.15, 0.2) is 0 Å². The number of amides is 1. The van der Waals surface area contributed by atoms with Crippen LogP contribution in [0.3, 0.4) is 0 Å². The molecule has 1 amide bonds. The van der Waals surface area contributed by atoms with Crippen LogP contribution in [-0.2, 0) is 9.53 Å². The van der Waals surface area contributed by atoms with Crippen molar-refractivity contribution in [3.8, 4) is 0 Å². The van der Waals surface area contributed by atoms with E-state index in [9.17, 15) is 4.79 Å². The van der Waals surface area contributed by atoms with Crippen LogP contribution in [0, 0.1) is 0 Å². The second-order valence-corrected chi connectivity index (χ2v) is 6.40. The Kier molecular flexibility index (Phi) is 7.34. The molecule has 128 valence electrons. The molecule has 0 radical (unpaired) electrons. The van der Waals surface area contributed by atoms with Gasteiger partial charge in [0.25, 0.3) is 0 Å². The molecule has 1 aromatic rings. The summed E-state index contributed by atoms with van der Waals surface area (Å²) in [5.41, 5.74) is 1.00. The molecule has 1 aliphatic rings. The van der Waals surface area contributed by atoms with Gasteiger partial charge in [0.2, 0.25) is 5.91 Å². The first-order valence-corrected chi connectivity index (χ1v) is 8.89. The first-order valence-electron chi connectivity index (χ1n) is 8.51. The lowest BCUT2D eigenvalue weighted by atomic mass is 10.1. The van der Waals surface area contributed by atoms with Crippen LogP contribution in [0.4, 0.5) is 0 Å². The van der Waals surface area contributed by atoms with E-state index < -0.39 is 0 Å². The minimum Gasteiger partial charge on any atom is -0.371 e. The molecular weight excluding hydrogens is 312 g/mol. The molecule has 0 aliphatic carbocycles. The Morgan fingerprint density at radius 1 is 1.30 bits per heavy atom. The summed E-state index contributed by atoms with van der Waals surface area (Å²) >= 11 is 6.27. The molecule has 2 rings (SSSR count). The number of benzene rings is 1. The molecule has 1 atom stereocenters. The third kappa shape index (κ3) is 5.20. The highest BCUT2D eigenvalue weighted by Gasteiger charge is 2.26. The zero-order chi connectivity index (χ0) is 16.7. The van der Waals surface area contributed by atoms with E-state index in [4.69, 9.17) is 16.3 Å².